The van der Waals surface area contributed by atoms with Crippen molar-refractivity contribution >= 4 is 23.2 Å². The molecular formula is C11H16Cl2N2O. The summed E-state index contributed by atoms with van der Waals surface area (Å²) in [6.07, 6.45) is 0. The lowest BCUT2D eigenvalue weighted by molar-refractivity contribution is 0.321. The molecule has 1 aromatic rings. The van der Waals surface area contributed by atoms with E-state index in [0.717, 1.165) is 18.7 Å². The summed E-state index contributed by atoms with van der Waals surface area (Å²) < 4.78 is 0. The summed E-state index contributed by atoms with van der Waals surface area (Å²) in [7, 11) is 3.88. The number of hydrogen-bond acceptors (Lipinski definition) is 3. The van der Waals surface area contributed by atoms with Crippen LogP contribution in [0.15, 0.2) is 12.1 Å². The topological polar surface area (TPSA) is 35.5 Å². The number of phenolic OH excluding ortho intramolecular Hbond substituents is 1. The van der Waals surface area contributed by atoms with Crippen LogP contribution in [0.4, 0.5) is 0 Å². The van der Waals surface area contributed by atoms with Gasteiger partial charge in [0.15, 0.2) is 0 Å². The van der Waals surface area contributed by atoms with E-state index in [4.69, 9.17) is 23.2 Å². The smallest absolute Gasteiger partial charge is 0.138 e. The van der Waals surface area contributed by atoms with Gasteiger partial charge in [-0.2, -0.15) is 0 Å². The molecule has 0 amide bonds. The largest absolute Gasteiger partial charge is 0.506 e. The molecule has 0 saturated carbocycles. The quantitative estimate of drug-likeness (QED) is 0.856. The van der Waals surface area contributed by atoms with Crippen LogP contribution in [-0.4, -0.2) is 37.2 Å². The molecule has 0 aliphatic heterocycles. The third-order valence-corrected chi connectivity index (χ3v) is 2.80. The molecule has 0 atom stereocenters. The number of aromatic hydroxyl groups is 1. The van der Waals surface area contributed by atoms with Crippen molar-refractivity contribution in [3.63, 3.8) is 0 Å². The summed E-state index contributed by atoms with van der Waals surface area (Å²) in [4.78, 5) is 2.08. The van der Waals surface area contributed by atoms with Crippen molar-refractivity contribution in [2.45, 2.75) is 6.54 Å². The van der Waals surface area contributed by atoms with Gasteiger partial charge < -0.3 is 15.3 Å². The zero-order chi connectivity index (χ0) is 12.1. The molecule has 0 heterocycles. The van der Waals surface area contributed by atoms with E-state index >= 15 is 0 Å². The molecular weight excluding hydrogens is 247 g/mol. The van der Waals surface area contributed by atoms with E-state index < -0.39 is 0 Å². The highest BCUT2D eigenvalue weighted by atomic mass is 35.5. The Morgan fingerprint density at radius 3 is 2.69 bits per heavy atom. The van der Waals surface area contributed by atoms with Crippen molar-refractivity contribution in [2.75, 3.05) is 27.2 Å². The molecule has 0 unspecified atom stereocenters. The van der Waals surface area contributed by atoms with Crippen LogP contribution < -0.4 is 5.32 Å². The highest BCUT2D eigenvalue weighted by Crippen LogP contribution is 2.31. The Kier molecular flexibility index (Phi) is 5.35. The Labute approximate surface area is 106 Å². The van der Waals surface area contributed by atoms with E-state index in [2.05, 4.69) is 10.2 Å². The fraction of sp³-hybridized carbons (Fsp3) is 0.455. The summed E-state index contributed by atoms with van der Waals surface area (Å²) in [5.41, 5.74) is 0.746. The number of nitrogens with one attached hydrogen (secondary N) is 1. The van der Waals surface area contributed by atoms with Crippen LogP contribution in [0.5, 0.6) is 5.75 Å². The average molecular weight is 263 g/mol. The number of benzene rings is 1. The van der Waals surface area contributed by atoms with Gasteiger partial charge >= 0.3 is 0 Å². The third kappa shape index (κ3) is 3.83. The molecule has 0 aliphatic rings. The highest BCUT2D eigenvalue weighted by molar-refractivity contribution is 6.35. The molecule has 3 nitrogen and oxygen atoms in total. The van der Waals surface area contributed by atoms with Gasteiger partial charge in [0.05, 0.1) is 5.02 Å². The number of rotatable bonds is 5. The summed E-state index contributed by atoms with van der Waals surface area (Å²) in [5.74, 6) is 0.113. The summed E-state index contributed by atoms with van der Waals surface area (Å²) in [5, 5.41) is 13.7. The van der Waals surface area contributed by atoms with Gasteiger partial charge in [-0.3, -0.25) is 0 Å². The number of hydrogen-bond donors (Lipinski definition) is 2. The van der Waals surface area contributed by atoms with Crippen LogP contribution in [0, 0.1) is 0 Å². The number of halogens is 2. The number of nitrogens with zero attached hydrogens (tertiary/aromatic N) is 1. The van der Waals surface area contributed by atoms with E-state index in [1.807, 2.05) is 14.1 Å². The predicted octanol–water partition coefficient (Wildman–Crippen LogP) is 2.35. The lowest BCUT2D eigenvalue weighted by Crippen LogP contribution is -2.26. The SMILES string of the molecule is CNCCN(C)Cc1cc(Cl)cc(Cl)c1O. The maximum atomic E-state index is 9.76. The van der Waals surface area contributed by atoms with E-state index in [1.165, 1.54) is 6.07 Å². The Morgan fingerprint density at radius 2 is 2.06 bits per heavy atom. The van der Waals surface area contributed by atoms with Crippen molar-refractivity contribution in [1.82, 2.24) is 10.2 Å². The molecule has 1 rings (SSSR count). The minimum Gasteiger partial charge on any atom is -0.506 e. The summed E-state index contributed by atoms with van der Waals surface area (Å²) >= 11 is 11.7. The highest BCUT2D eigenvalue weighted by Gasteiger charge is 2.09. The van der Waals surface area contributed by atoms with Crippen LogP contribution in [-0.2, 0) is 6.54 Å². The van der Waals surface area contributed by atoms with Crippen molar-refractivity contribution in [1.29, 1.82) is 0 Å². The van der Waals surface area contributed by atoms with Gasteiger partial charge in [-0.25, -0.2) is 0 Å². The summed E-state index contributed by atoms with van der Waals surface area (Å²) in [6.45, 7) is 2.40. The first-order valence-electron chi connectivity index (χ1n) is 5.04. The van der Waals surface area contributed by atoms with Crippen molar-refractivity contribution in [2.24, 2.45) is 0 Å². The van der Waals surface area contributed by atoms with Gasteiger partial charge in [0.1, 0.15) is 5.75 Å². The second kappa shape index (κ2) is 6.30. The third-order valence-electron chi connectivity index (χ3n) is 2.29. The van der Waals surface area contributed by atoms with Gasteiger partial charge in [-0.15, -0.1) is 0 Å². The Balaban J connectivity index is 2.72. The molecule has 0 bridgehead atoms. The fourth-order valence-electron chi connectivity index (χ4n) is 1.41. The average Bonchev–Trinajstić information content (AvgIpc) is 2.22. The monoisotopic (exact) mass is 262 g/mol. The molecule has 0 aliphatic carbocycles. The standard InChI is InChI=1S/C11H16Cl2N2O/c1-14-3-4-15(2)7-8-5-9(12)6-10(13)11(8)16/h5-6,14,16H,3-4,7H2,1-2H3. The maximum Gasteiger partial charge on any atom is 0.138 e. The van der Waals surface area contributed by atoms with Crippen LogP contribution in [0.25, 0.3) is 0 Å². The fourth-order valence-corrected chi connectivity index (χ4v) is 1.95. The van der Waals surface area contributed by atoms with Gasteiger partial charge in [-0.1, -0.05) is 23.2 Å². The predicted molar refractivity (Wildman–Crippen MR) is 68.4 cm³/mol. The first kappa shape index (κ1) is 13.6. The lowest BCUT2D eigenvalue weighted by atomic mass is 10.2. The molecule has 2 N–H and O–H groups in total. The second-order valence-corrected chi connectivity index (χ2v) is 4.58. The molecule has 1 aromatic carbocycles. The van der Waals surface area contributed by atoms with E-state index in [-0.39, 0.29) is 5.75 Å². The van der Waals surface area contributed by atoms with Crippen molar-refractivity contribution in [3.05, 3.63) is 27.7 Å². The Hall–Kier alpha value is -0.480. The van der Waals surface area contributed by atoms with Gasteiger partial charge in [0, 0.05) is 30.2 Å². The van der Waals surface area contributed by atoms with E-state index in [9.17, 15) is 5.11 Å². The minimum atomic E-state index is 0.113. The Bertz CT molecular complexity index is 358. The van der Waals surface area contributed by atoms with Gasteiger partial charge in [0.25, 0.3) is 0 Å². The van der Waals surface area contributed by atoms with Gasteiger partial charge in [0.2, 0.25) is 0 Å². The molecule has 16 heavy (non-hydrogen) atoms. The molecule has 90 valence electrons. The van der Waals surface area contributed by atoms with Crippen LogP contribution in [0.2, 0.25) is 10.0 Å². The molecule has 0 aromatic heterocycles. The van der Waals surface area contributed by atoms with Crippen LogP contribution in [0.3, 0.4) is 0 Å². The first-order valence-corrected chi connectivity index (χ1v) is 5.80. The summed E-state index contributed by atoms with van der Waals surface area (Å²) in [6, 6.07) is 3.27. The van der Waals surface area contributed by atoms with Gasteiger partial charge in [-0.05, 0) is 26.2 Å². The lowest BCUT2D eigenvalue weighted by Gasteiger charge is -2.17. The first-order chi connectivity index (χ1) is 7.54. The second-order valence-electron chi connectivity index (χ2n) is 3.74. The normalized spacial score (nSPS) is 11.1. The van der Waals surface area contributed by atoms with Crippen LogP contribution in [0.1, 0.15) is 5.56 Å². The maximum absolute atomic E-state index is 9.76. The Morgan fingerprint density at radius 1 is 1.38 bits per heavy atom. The molecule has 0 fully saturated rings. The number of likely N-dealkylation sites (N-methyl/N-ethyl adjacent to an activating group) is 2. The van der Waals surface area contributed by atoms with E-state index in [0.29, 0.717) is 16.6 Å². The number of phenols is 1. The van der Waals surface area contributed by atoms with E-state index in [1.54, 1.807) is 6.07 Å². The molecule has 0 spiro atoms. The van der Waals surface area contributed by atoms with Crippen molar-refractivity contribution in [3.8, 4) is 5.75 Å². The molecule has 0 saturated heterocycles. The van der Waals surface area contributed by atoms with Crippen LogP contribution >= 0.6 is 23.2 Å². The van der Waals surface area contributed by atoms with Crippen molar-refractivity contribution < 1.29 is 5.11 Å². The molecule has 5 heteroatoms. The molecule has 0 radical (unpaired) electrons. The zero-order valence-electron chi connectivity index (χ0n) is 9.43. The zero-order valence-corrected chi connectivity index (χ0v) is 10.9. The minimum absolute atomic E-state index is 0.113.